The Kier molecular flexibility index (Phi) is 47.9. The molecule has 0 N–H and O–H groups in total. The van der Waals surface area contributed by atoms with E-state index in [9.17, 15) is 4.79 Å². The van der Waals surface area contributed by atoms with Gasteiger partial charge in [-0.1, -0.05) is 79.5 Å². The summed E-state index contributed by atoms with van der Waals surface area (Å²) in [6.07, 6.45) is 8.32. The first kappa shape index (κ1) is 34.3. The molecule has 0 aromatic heterocycles. The van der Waals surface area contributed by atoms with Crippen LogP contribution < -0.4 is 0 Å². The molecular weight excluding hydrogens is 294 g/mol. The van der Waals surface area contributed by atoms with Crippen LogP contribution in [0, 0.1) is 0 Å². The monoisotopic (exact) mass is 343 g/mol. The van der Waals surface area contributed by atoms with Gasteiger partial charge in [-0.15, -0.1) is 6.58 Å². The second-order valence-corrected chi connectivity index (χ2v) is 4.56. The first-order valence-electron chi connectivity index (χ1n) is 9.92. The summed E-state index contributed by atoms with van der Waals surface area (Å²) in [6.45, 7) is 25.8. The van der Waals surface area contributed by atoms with Crippen molar-refractivity contribution < 1.29 is 4.79 Å². The summed E-state index contributed by atoms with van der Waals surface area (Å²) in [5.41, 5.74) is 1.50. The molecule has 0 aliphatic carbocycles. The molecule has 0 aromatic rings. The van der Waals surface area contributed by atoms with Gasteiger partial charge in [-0.3, -0.25) is 4.79 Å². The molecule has 1 saturated heterocycles. The number of rotatable bonds is 3. The van der Waals surface area contributed by atoms with E-state index in [1.807, 2.05) is 55.5 Å². The highest BCUT2D eigenvalue weighted by atomic mass is 16.2. The van der Waals surface area contributed by atoms with E-state index in [0.717, 1.165) is 12.8 Å². The Labute approximate surface area is 155 Å². The molecule has 1 fully saturated rings. The van der Waals surface area contributed by atoms with Gasteiger partial charge in [0.1, 0.15) is 0 Å². The third kappa shape index (κ3) is 25.9. The molecule has 1 amide bonds. The molecule has 1 aliphatic heterocycles. The fraction of sp³-hybridized carbons (Fsp3) is 0.773. The van der Waals surface area contributed by atoms with Crippen molar-refractivity contribution in [3.05, 3.63) is 24.3 Å². The van der Waals surface area contributed by atoms with Crippen LogP contribution in [0.5, 0.6) is 0 Å². The van der Waals surface area contributed by atoms with Gasteiger partial charge in [0.05, 0.1) is 0 Å². The van der Waals surface area contributed by atoms with E-state index in [2.05, 4.69) is 40.3 Å². The van der Waals surface area contributed by atoms with Crippen molar-refractivity contribution in [3.8, 4) is 0 Å². The average molecular weight is 344 g/mol. The van der Waals surface area contributed by atoms with E-state index in [1.165, 1.54) is 18.4 Å². The number of nitrogens with zero attached hydrogens (tertiary/aromatic N) is 1. The van der Waals surface area contributed by atoms with E-state index in [4.69, 9.17) is 0 Å². The van der Waals surface area contributed by atoms with Crippen molar-refractivity contribution in [1.29, 1.82) is 0 Å². The minimum Gasteiger partial charge on any atom is -0.342 e. The predicted octanol–water partition coefficient (Wildman–Crippen LogP) is 7.65. The number of hydrogen-bond donors (Lipinski definition) is 0. The maximum absolute atomic E-state index is 10.5. The number of carbonyl (C=O) groups is 1. The number of allylic oxidation sites excluding steroid dienone is 3. The van der Waals surface area contributed by atoms with Crippen molar-refractivity contribution in [2.24, 2.45) is 0 Å². The summed E-state index contributed by atoms with van der Waals surface area (Å²) >= 11 is 0. The summed E-state index contributed by atoms with van der Waals surface area (Å²) in [7, 11) is 1.86. The minimum absolute atomic E-state index is 0.289. The fourth-order valence-corrected chi connectivity index (χ4v) is 1.53. The molecule has 148 valence electrons. The van der Waals surface area contributed by atoms with Gasteiger partial charge in [0.2, 0.25) is 5.91 Å². The lowest BCUT2D eigenvalue weighted by Gasteiger charge is -2.36. The van der Waals surface area contributed by atoms with E-state index >= 15 is 0 Å². The molecule has 1 aliphatic rings. The zero-order valence-electron chi connectivity index (χ0n) is 19.1. The zero-order chi connectivity index (χ0) is 20.6. The fourth-order valence-electron chi connectivity index (χ4n) is 1.53. The van der Waals surface area contributed by atoms with Crippen LogP contribution in [0.25, 0.3) is 0 Å². The molecule has 1 heterocycles. The maximum Gasteiger partial charge on any atom is 0.224 e. The van der Waals surface area contributed by atoms with Crippen LogP contribution in [0.15, 0.2) is 24.3 Å². The van der Waals surface area contributed by atoms with Crippen LogP contribution in [0.2, 0.25) is 0 Å². The van der Waals surface area contributed by atoms with Gasteiger partial charge >= 0.3 is 0 Å². The topological polar surface area (TPSA) is 20.3 Å². The van der Waals surface area contributed by atoms with Gasteiger partial charge in [0.15, 0.2) is 0 Å². The summed E-state index contributed by atoms with van der Waals surface area (Å²) in [5, 5.41) is 0. The van der Waals surface area contributed by atoms with E-state index in [1.54, 1.807) is 11.0 Å². The van der Waals surface area contributed by atoms with Crippen molar-refractivity contribution in [3.63, 3.8) is 0 Å². The molecule has 1 rings (SSSR count). The second kappa shape index (κ2) is 33.5. The Balaban J connectivity index is -0.0000000687. The van der Waals surface area contributed by atoms with Crippen LogP contribution >= 0.6 is 0 Å². The SMILES string of the molecule is C/C=C(/C)CCC.C=CC.CC.CC.CC.CCC1CC(=O)N1C. The summed E-state index contributed by atoms with van der Waals surface area (Å²) in [5.74, 6) is 0.289. The van der Waals surface area contributed by atoms with Gasteiger partial charge in [-0.25, -0.2) is 0 Å². The van der Waals surface area contributed by atoms with Gasteiger partial charge in [0, 0.05) is 19.5 Å². The van der Waals surface area contributed by atoms with Crippen LogP contribution in [-0.2, 0) is 4.79 Å². The number of β-lactam (4-membered cyclic amide) rings is 1. The molecule has 2 heteroatoms. The van der Waals surface area contributed by atoms with Crippen molar-refractivity contribution in [2.75, 3.05) is 7.05 Å². The lowest BCUT2D eigenvalue weighted by Crippen LogP contribution is -2.49. The molecule has 0 bridgehead atoms. The van der Waals surface area contributed by atoms with Crippen LogP contribution in [-0.4, -0.2) is 23.9 Å². The normalized spacial score (nSPS) is 14.2. The average Bonchev–Trinajstić information content (AvgIpc) is 2.65. The highest BCUT2D eigenvalue weighted by Crippen LogP contribution is 2.18. The quantitative estimate of drug-likeness (QED) is 0.380. The van der Waals surface area contributed by atoms with Gasteiger partial charge < -0.3 is 4.90 Å². The molecule has 1 atom stereocenters. The summed E-state index contributed by atoms with van der Waals surface area (Å²) < 4.78 is 0. The van der Waals surface area contributed by atoms with Crippen molar-refractivity contribution in [2.45, 2.75) is 108 Å². The van der Waals surface area contributed by atoms with Crippen LogP contribution in [0.4, 0.5) is 0 Å². The first-order valence-corrected chi connectivity index (χ1v) is 9.92. The highest BCUT2D eigenvalue weighted by Gasteiger charge is 2.30. The number of likely N-dealkylation sites (tertiary alicyclic amines) is 1. The van der Waals surface area contributed by atoms with Crippen LogP contribution in [0.3, 0.4) is 0 Å². The third-order valence-electron chi connectivity index (χ3n) is 2.96. The maximum atomic E-state index is 10.5. The largest absolute Gasteiger partial charge is 0.342 e. The Morgan fingerprint density at radius 1 is 1.12 bits per heavy atom. The number of hydrogen-bond acceptors (Lipinski definition) is 1. The highest BCUT2D eigenvalue weighted by molar-refractivity contribution is 5.82. The standard InChI is InChI=1S/C7H14.C6H11NO.C3H6.3C2H6/c1-4-6-7(3)5-2;1-3-5-4-6(8)7(5)2;1-3-2;3*1-2/h5H,4,6H2,1-3H3;5H,3-4H2,1-2H3;3H,1H2,2H3;3*1-2H3/b7-5-;;;;;. The summed E-state index contributed by atoms with van der Waals surface area (Å²) in [4.78, 5) is 12.3. The molecule has 0 aromatic carbocycles. The lowest BCUT2D eigenvalue weighted by molar-refractivity contribution is -0.143. The Hall–Kier alpha value is -1.05. The van der Waals surface area contributed by atoms with E-state index in [-0.39, 0.29) is 5.91 Å². The molecule has 0 radical (unpaired) electrons. The Morgan fingerprint density at radius 3 is 1.58 bits per heavy atom. The van der Waals surface area contributed by atoms with Gasteiger partial charge in [-0.2, -0.15) is 0 Å². The lowest BCUT2D eigenvalue weighted by atomic mass is 10.0. The number of carbonyl (C=O) groups excluding carboxylic acids is 1. The molecule has 0 saturated carbocycles. The van der Waals surface area contributed by atoms with Crippen molar-refractivity contribution >= 4 is 5.91 Å². The second-order valence-electron chi connectivity index (χ2n) is 4.56. The van der Waals surface area contributed by atoms with Crippen LogP contribution in [0.1, 0.15) is 102 Å². The van der Waals surface area contributed by atoms with E-state index in [0.29, 0.717) is 6.04 Å². The predicted molar refractivity (Wildman–Crippen MR) is 116 cm³/mol. The third-order valence-corrected chi connectivity index (χ3v) is 2.96. The minimum atomic E-state index is 0.289. The number of amides is 1. The zero-order valence-corrected chi connectivity index (χ0v) is 19.1. The molecule has 2 nitrogen and oxygen atoms in total. The van der Waals surface area contributed by atoms with Crippen molar-refractivity contribution in [1.82, 2.24) is 4.90 Å². The first-order chi connectivity index (χ1) is 11.5. The molecule has 1 unspecified atom stereocenters. The van der Waals surface area contributed by atoms with Gasteiger partial charge in [0.25, 0.3) is 0 Å². The van der Waals surface area contributed by atoms with E-state index < -0.39 is 0 Å². The molecular formula is C22H49NO. The Bertz CT molecular complexity index is 257. The molecule has 0 spiro atoms. The van der Waals surface area contributed by atoms with Gasteiger partial charge in [-0.05, 0) is 33.6 Å². The molecule has 24 heavy (non-hydrogen) atoms. The Morgan fingerprint density at radius 2 is 1.50 bits per heavy atom. The summed E-state index contributed by atoms with van der Waals surface area (Å²) in [6, 6.07) is 0.544. The smallest absolute Gasteiger partial charge is 0.224 e.